The predicted octanol–water partition coefficient (Wildman–Crippen LogP) is 1.18. The maximum absolute atomic E-state index is 12.7. The van der Waals surface area contributed by atoms with Crippen molar-refractivity contribution in [3.05, 3.63) is 35.6 Å². The van der Waals surface area contributed by atoms with Crippen molar-refractivity contribution in [2.75, 3.05) is 13.7 Å². The summed E-state index contributed by atoms with van der Waals surface area (Å²) in [5.41, 5.74) is 0.889. The minimum absolute atomic E-state index is 0.122. The Morgan fingerprint density at radius 3 is 2.88 bits per heavy atom. The van der Waals surface area contributed by atoms with E-state index in [1.54, 1.807) is 12.1 Å². The van der Waals surface area contributed by atoms with Crippen molar-refractivity contribution in [2.24, 2.45) is 4.99 Å². The third-order valence-corrected chi connectivity index (χ3v) is 2.41. The third kappa shape index (κ3) is 2.72. The van der Waals surface area contributed by atoms with Gasteiger partial charge in [-0.05, 0) is 17.7 Å². The van der Waals surface area contributed by atoms with E-state index in [4.69, 9.17) is 0 Å². The van der Waals surface area contributed by atoms with Gasteiger partial charge in [0.15, 0.2) is 0 Å². The van der Waals surface area contributed by atoms with E-state index >= 15 is 0 Å². The number of carbonyl (C=O) groups is 1. The van der Waals surface area contributed by atoms with Gasteiger partial charge in [-0.1, -0.05) is 12.1 Å². The first-order chi connectivity index (χ1) is 8.19. The van der Waals surface area contributed by atoms with Gasteiger partial charge >= 0.3 is 6.09 Å². The average molecular weight is 237 g/mol. The number of nitrogens with one attached hydrogen (secondary N) is 2. The second-order valence-corrected chi connectivity index (χ2v) is 3.54. The number of hydrogen-bond acceptors (Lipinski definition) is 4. The zero-order valence-electron chi connectivity index (χ0n) is 9.24. The Balaban J connectivity index is 2.05. The summed E-state index contributed by atoms with van der Waals surface area (Å²) in [5, 5.41) is 5.37. The minimum Gasteiger partial charge on any atom is -0.453 e. The maximum Gasteiger partial charge on any atom is 0.413 e. The van der Waals surface area contributed by atoms with Crippen LogP contribution in [0.2, 0.25) is 0 Å². The molecule has 17 heavy (non-hydrogen) atoms. The van der Waals surface area contributed by atoms with Crippen molar-refractivity contribution in [2.45, 2.75) is 6.04 Å². The summed E-state index contributed by atoms with van der Waals surface area (Å²) in [7, 11) is 1.28. The van der Waals surface area contributed by atoms with E-state index < -0.39 is 6.09 Å². The lowest BCUT2D eigenvalue weighted by Crippen LogP contribution is -2.37. The molecule has 1 aliphatic heterocycles. The first kappa shape index (κ1) is 11.4. The van der Waals surface area contributed by atoms with E-state index in [0.29, 0.717) is 12.5 Å². The highest BCUT2D eigenvalue weighted by molar-refractivity contribution is 5.94. The summed E-state index contributed by atoms with van der Waals surface area (Å²) >= 11 is 0. The van der Waals surface area contributed by atoms with Gasteiger partial charge in [0.25, 0.3) is 0 Å². The van der Waals surface area contributed by atoms with Gasteiger partial charge in [0, 0.05) is 6.54 Å². The zero-order chi connectivity index (χ0) is 12.3. The number of guanidine groups is 1. The number of methoxy groups -OCH3 is 1. The summed E-state index contributed by atoms with van der Waals surface area (Å²) in [5.74, 6) is 0.0859. The largest absolute Gasteiger partial charge is 0.453 e. The SMILES string of the molecule is COC(=O)NC1=NC(c2ccc(F)cc2)CN1. The second kappa shape index (κ2) is 4.82. The molecule has 0 radical (unpaired) electrons. The lowest BCUT2D eigenvalue weighted by molar-refractivity contribution is 0.176. The fourth-order valence-corrected chi connectivity index (χ4v) is 1.54. The highest BCUT2D eigenvalue weighted by Crippen LogP contribution is 2.19. The normalized spacial score (nSPS) is 18.2. The molecule has 2 rings (SSSR count). The number of rotatable bonds is 1. The van der Waals surface area contributed by atoms with Crippen molar-refractivity contribution in [3.63, 3.8) is 0 Å². The summed E-state index contributed by atoms with van der Waals surface area (Å²) in [6.45, 7) is 0.560. The molecule has 90 valence electrons. The molecule has 0 bridgehead atoms. The third-order valence-electron chi connectivity index (χ3n) is 2.41. The van der Waals surface area contributed by atoms with E-state index in [1.165, 1.54) is 19.2 Å². The minimum atomic E-state index is -0.573. The molecule has 0 aromatic heterocycles. The summed E-state index contributed by atoms with van der Waals surface area (Å²) < 4.78 is 17.2. The Bertz CT molecular complexity index is 445. The fourth-order valence-electron chi connectivity index (χ4n) is 1.54. The van der Waals surface area contributed by atoms with E-state index in [1.807, 2.05) is 0 Å². The number of amides is 1. The van der Waals surface area contributed by atoms with Gasteiger partial charge in [0.05, 0.1) is 13.2 Å². The number of hydrogen-bond donors (Lipinski definition) is 2. The molecular weight excluding hydrogens is 225 g/mol. The van der Waals surface area contributed by atoms with Crippen molar-refractivity contribution < 1.29 is 13.9 Å². The molecule has 0 fully saturated rings. The van der Waals surface area contributed by atoms with Crippen molar-refractivity contribution >= 4 is 12.1 Å². The summed E-state index contributed by atoms with van der Waals surface area (Å²) in [6, 6.07) is 5.99. The van der Waals surface area contributed by atoms with E-state index in [-0.39, 0.29) is 11.9 Å². The van der Waals surface area contributed by atoms with Gasteiger partial charge < -0.3 is 10.1 Å². The van der Waals surface area contributed by atoms with E-state index in [0.717, 1.165) is 5.56 Å². The molecule has 1 atom stereocenters. The van der Waals surface area contributed by atoms with Crippen molar-refractivity contribution in [3.8, 4) is 0 Å². The van der Waals surface area contributed by atoms with Gasteiger partial charge in [-0.25, -0.2) is 14.2 Å². The van der Waals surface area contributed by atoms with Crippen LogP contribution in [-0.4, -0.2) is 25.7 Å². The summed E-state index contributed by atoms with van der Waals surface area (Å²) in [4.78, 5) is 15.2. The van der Waals surface area contributed by atoms with E-state index in [9.17, 15) is 9.18 Å². The average Bonchev–Trinajstić information content (AvgIpc) is 2.78. The molecular formula is C11H12FN3O2. The number of nitrogens with zero attached hydrogens (tertiary/aromatic N) is 1. The highest BCUT2D eigenvalue weighted by Gasteiger charge is 2.19. The van der Waals surface area contributed by atoms with Gasteiger partial charge in [-0.2, -0.15) is 0 Å². The van der Waals surface area contributed by atoms with Crippen LogP contribution in [0.15, 0.2) is 29.3 Å². The molecule has 2 N–H and O–H groups in total. The lowest BCUT2D eigenvalue weighted by atomic mass is 10.1. The van der Waals surface area contributed by atoms with Gasteiger partial charge in [0.2, 0.25) is 5.96 Å². The molecule has 0 saturated heterocycles. The van der Waals surface area contributed by atoms with Gasteiger partial charge in [0.1, 0.15) is 5.82 Å². The van der Waals surface area contributed by atoms with Crippen LogP contribution in [0, 0.1) is 5.82 Å². The first-order valence-electron chi connectivity index (χ1n) is 5.11. The second-order valence-electron chi connectivity index (χ2n) is 3.54. The Hall–Kier alpha value is -2.11. The molecule has 0 saturated carbocycles. The van der Waals surface area contributed by atoms with Crippen LogP contribution in [0.4, 0.5) is 9.18 Å². The van der Waals surface area contributed by atoms with Crippen LogP contribution in [-0.2, 0) is 4.74 Å². The molecule has 1 aromatic carbocycles. The lowest BCUT2D eigenvalue weighted by Gasteiger charge is -2.04. The number of carbonyl (C=O) groups excluding carboxylic acids is 1. The Morgan fingerprint density at radius 2 is 2.24 bits per heavy atom. The molecule has 1 unspecified atom stereocenters. The van der Waals surface area contributed by atoms with Crippen LogP contribution < -0.4 is 10.6 Å². The monoisotopic (exact) mass is 237 g/mol. The van der Waals surface area contributed by atoms with Crippen LogP contribution in [0.1, 0.15) is 11.6 Å². The number of ether oxygens (including phenoxy) is 1. The predicted molar refractivity (Wildman–Crippen MR) is 60.1 cm³/mol. The molecule has 1 heterocycles. The standard InChI is InChI=1S/C11H12FN3O2/c1-17-11(16)15-10-13-6-9(14-10)7-2-4-8(12)5-3-7/h2-5,9H,6H2,1H3,(H2,13,14,15,16). The molecule has 6 heteroatoms. The molecule has 1 aliphatic rings. The number of benzene rings is 1. The summed E-state index contributed by atoms with van der Waals surface area (Å²) in [6.07, 6.45) is -0.573. The molecule has 1 amide bonds. The molecule has 5 nitrogen and oxygen atoms in total. The highest BCUT2D eigenvalue weighted by atomic mass is 19.1. The van der Waals surface area contributed by atoms with Gasteiger partial charge in [-0.3, -0.25) is 5.32 Å². The maximum atomic E-state index is 12.7. The molecule has 0 aliphatic carbocycles. The zero-order valence-corrected chi connectivity index (χ0v) is 9.24. The van der Waals surface area contributed by atoms with Crippen LogP contribution >= 0.6 is 0 Å². The first-order valence-corrected chi connectivity index (χ1v) is 5.11. The molecule has 1 aromatic rings. The van der Waals surface area contributed by atoms with Crippen molar-refractivity contribution in [1.82, 2.24) is 10.6 Å². The number of alkyl carbamates (subject to hydrolysis) is 1. The van der Waals surface area contributed by atoms with Crippen LogP contribution in [0.5, 0.6) is 0 Å². The Kier molecular flexibility index (Phi) is 3.22. The topological polar surface area (TPSA) is 62.7 Å². The Labute approximate surface area is 97.7 Å². The van der Waals surface area contributed by atoms with Crippen molar-refractivity contribution in [1.29, 1.82) is 0 Å². The smallest absolute Gasteiger partial charge is 0.413 e. The van der Waals surface area contributed by atoms with E-state index in [2.05, 4.69) is 20.4 Å². The quantitative estimate of drug-likeness (QED) is 0.771. The fraction of sp³-hybridized carbons (Fsp3) is 0.273. The van der Waals surface area contributed by atoms with Gasteiger partial charge in [-0.15, -0.1) is 0 Å². The number of halogens is 1. The van der Waals surface area contributed by atoms with Crippen LogP contribution in [0.3, 0.4) is 0 Å². The number of aliphatic imine (C=N–C) groups is 1. The Morgan fingerprint density at radius 1 is 1.53 bits per heavy atom. The molecule has 0 spiro atoms. The van der Waals surface area contributed by atoms with Crippen LogP contribution in [0.25, 0.3) is 0 Å².